The molecule has 1 aromatic rings. The molecule has 2 nitrogen and oxygen atoms in total. The largest absolute Gasteiger partial charge is 0.494 e. The molecule has 2 heteroatoms. The van der Waals surface area contributed by atoms with E-state index in [1.54, 1.807) is 0 Å². The smallest absolute Gasteiger partial charge is 0.119 e. The molecule has 0 bridgehead atoms. The molecule has 2 N–H and O–H groups in total. The fourth-order valence-corrected chi connectivity index (χ4v) is 1.85. The predicted octanol–water partition coefficient (Wildman–Crippen LogP) is 2.89. The maximum atomic E-state index is 6.15. The Morgan fingerprint density at radius 2 is 2.27 bits per heavy atom. The number of hydrogen-bond acceptors (Lipinski definition) is 2. The Hall–Kier alpha value is -1.02. The second-order valence-electron chi connectivity index (χ2n) is 4.29. The predicted molar refractivity (Wildman–Crippen MR) is 61.9 cm³/mol. The van der Waals surface area contributed by atoms with Crippen molar-refractivity contribution < 1.29 is 4.74 Å². The van der Waals surface area contributed by atoms with E-state index in [0.29, 0.717) is 6.61 Å². The van der Waals surface area contributed by atoms with Crippen LogP contribution in [-0.4, -0.2) is 6.61 Å². The zero-order chi connectivity index (χ0) is 10.7. The van der Waals surface area contributed by atoms with Gasteiger partial charge in [-0.3, -0.25) is 0 Å². The van der Waals surface area contributed by atoms with Crippen LogP contribution >= 0.6 is 0 Å². The van der Waals surface area contributed by atoms with Crippen LogP contribution in [0.25, 0.3) is 0 Å². The number of hydrogen-bond donors (Lipinski definition) is 1. The lowest BCUT2D eigenvalue weighted by Gasteiger charge is -2.12. The normalized spacial score (nSPS) is 17.5. The maximum absolute atomic E-state index is 6.15. The lowest BCUT2D eigenvalue weighted by atomic mass is 10.0. The van der Waals surface area contributed by atoms with E-state index in [-0.39, 0.29) is 6.04 Å². The molecule has 1 atom stereocenters. The van der Waals surface area contributed by atoms with Crippen molar-refractivity contribution in [1.82, 2.24) is 0 Å². The van der Waals surface area contributed by atoms with Gasteiger partial charge in [-0.1, -0.05) is 25.0 Å². The molecule has 1 aromatic carbocycles. The van der Waals surface area contributed by atoms with Gasteiger partial charge in [-0.05, 0) is 37.0 Å². The van der Waals surface area contributed by atoms with E-state index in [1.165, 1.54) is 18.4 Å². The molecular weight excluding hydrogens is 186 g/mol. The van der Waals surface area contributed by atoms with Crippen molar-refractivity contribution in [2.75, 3.05) is 6.61 Å². The summed E-state index contributed by atoms with van der Waals surface area (Å²) in [7, 11) is 0. The van der Waals surface area contributed by atoms with Crippen molar-refractivity contribution in [2.45, 2.75) is 32.2 Å². The van der Waals surface area contributed by atoms with E-state index in [0.717, 1.165) is 18.1 Å². The van der Waals surface area contributed by atoms with E-state index in [9.17, 15) is 0 Å². The van der Waals surface area contributed by atoms with E-state index in [1.807, 2.05) is 19.1 Å². The Balaban J connectivity index is 2.01. The van der Waals surface area contributed by atoms with Crippen molar-refractivity contribution in [3.05, 3.63) is 29.8 Å². The Morgan fingerprint density at radius 1 is 1.47 bits per heavy atom. The third-order valence-electron chi connectivity index (χ3n) is 2.88. The standard InChI is InChI=1S/C13H19NO/c1-2-15-12-5-3-4-11(9-12)13(14)8-10-6-7-10/h3-5,9-10,13H,2,6-8,14H2,1H3/t13-/m0/s1. The van der Waals surface area contributed by atoms with Gasteiger partial charge in [0, 0.05) is 6.04 Å². The first-order valence-corrected chi connectivity index (χ1v) is 5.78. The van der Waals surface area contributed by atoms with Gasteiger partial charge in [0.15, 0.2) is 0 Å². The highest BCUT2D eigenvalue weighted by Crippen LogP contribution is 2.37. The van der Waals surface area contributed by atoms with Crippen LogP contribution in [0.5, 0.6) is 5.75 Å². The first kappa shape index (κ1) is 10.5. The topological polar surface area (TPSA) is 35.2 Å². The summed E-state index contributed by atoms with van der Waals surface area (Å²) in [6.07, 6.45) is 3.84. The first-order chi connectivity index (χ1) is 7.29. The van der Waals surface area contributed by atoms with Gasteiger partial charge in [0.25, 0.3) is 0 Å². The van der Waals surface area contributed by atoms with Crippen LogP contribution < -0.4 is 10.5 Å². The zero-order valence-electron chi connectivity index (χ0n) is 9.28. The molecule has 1 saturated carbocycles. The Bertz CT molecular complexity index is 320. The summed E-state index contributed by atoms with van der Waals surface area (Å²) in [5.41, 5.74) is 7.35. The summed E-state index contributed by atoms with van der Waals surface area (Å²) in [5.74, 6) is 1.80. The number of ether oxygens (including phenoxy) is 1. The summed E-state index contributed by atoms with van der Waals surface area (Å²) in [4.78, 5) is 0. The quantitative estimate of drug-likeness (QED) is 0.802. The number of benzene rings is 1. The Kier molecular flexibility index (Phi) is 3.27. The molecule has 0 spiro atoms. The second kappa shape index (κ2) is 4.67. The minimum absolute atomic E-state index is 0.179. The van der Waals surface area contributed by atoms with Gasteiger partial charge in [0.2, 0.25) is 0 Å². The average molecular weight is 205 g/mol. The van der Waals surface area contributed by atoms with Crippen LogP contribution in [-0.2, 0) is 0 Å². The second-order valence-corrected chi connectivity index (χ2v) is 4.29. The van der Waals surface area contributed by atoms with E-state index in [4.69, 9.17) is 10.5 Å². The molecule has 82 valence electrons. The molecule has 0 heterocycles. The van der Waals surface area contributed by atoms with Crippen LogP contribution in [0, 0.1) is 5.92 Å². The summed E-state index contributed by atoms with van der Waals surface area (Å²) in [6.45, 7) is 2.71. The molecule has 1 aliphatic carbocycles. The van der Waals surface area contributed by atoms with Gasteiger partial charge in [-0.15, -0.1) is 0 Å². The van der Waals surface area contributed by atoms with Crippen LogP contribution in [0.2, 0.25) is 0 Å². The number of nitrogens with two attached hydrogens (primary N) is 1. The van der Waals surface area contributed by atoms with Gasteiger partial charge < -0.3 is 10.5 Å². The Labute approximate surface area is 91.4 Å². The van der Waals surface area contributed by atoms with Crippen LogP contribution in [0.4, 0.5) is 0 Å². The van der Waals surface area contributed by atoms with Gasteiger partial charge in [-0.25, -0.2) is 0 Å². The van der Waals surface area contributed by atoms with E-state index < -0.39 is 0 Å². The van der Waals surface area contributed by atoms with Crippen LogP contribution in [0.15, 0.2) is 24.3 Å². The summed E-state index contributed by atoms with van der Waals surface area (Å²) >= 11 is 0. The molecular formula is C13H19NO. The van der Waals surface area contributed by atoms with Crippen molar-refractivity contribution in [3.8, 4) is 5.75 Å². The highest BCUT2D eigenvalue weighted by atomic mass is 16.5. The molecule has 0 unspecified atom stereocenters. The van der Waals surface area contributed by atoms with Gasteiger partial charge in [0.1, 0.15) is 5.75 Å². The fraction of sp³-hybridized carbons (Fsp3) is 0.538. The van der Waals surface area contributed by atoms with Crippen molar-refractivity contribution in [1.29, 1.82) is 0 Å². The van der Waals surface area contributed by atoms with E-state index in [2.05, 4.69) is 12.1 Å². The van der Waals surface area contributed by atoms with Gasteiger partial charge in [-0.2, -0.15) is 0 Å². The summed E-state index contributed by atoms with van der Waals surface area (Å²) in [6, 6.07) is 8.34. The summed E-state index contributed by atoms with van der Waals surface area (Å²) < 4.78 is 5.46. The average Bonchev–Trinajstić information content (AvgIpc) is 3.03. The molecule has 0 radical (unpaired) electrons. The first-order valence-electron chi connectivity index (χ1n) is 5.78. The van der Waals surface area contributed by atoms with Crippen molar-refractivity contribution in [2.24, 2.45) is 11.7 Å². The van der Waals surface area contributed by atoms with E-state index >= 15 is 0 Å². The highest BCUT2D eigenvalue weighted by molar-refractivity contribution is 5.30. The molecule has 15 heavy (non-hydrogen) atoms. The maximum Gasteiger partial charge on any atom is 0.119 e. The monoisotopic (exact) mass is 205 g/mol. The number of rotatable bonds is 5. The molecule has 0 aliphatic heterocycles. The molecule has 2 rings (SSSR count). The fourth-order valence-electron chi connectivity index (χ4n) is 1.85. The SMILES string of the molecule is CCOc1cccc([C@@H](N)CC2CC2)c1. The minimum atomic E-state index is 0.179. The molecule has 1 aliphatic rings. The van der Waals surface area contributed by atoms with Crippen molar-refractivity contribution in [3.63, 3.8) is 0 Å². The minimum Gasteiger partial charge on any atom is -0.494 e. The highest BCUT2D eigenvalue weighted by Gasteiger charge is 2.24. The lowest BCUT2D eigenvalue weighted by Crippen LogP contribution is -2.11. The molecule has 1 fully saturated rings. The van der Waals surface area contributed by atoms with Gasteiger partial charge in [0.05, 0.1) is 6.61 Å². The van der Waals surface area contributed by atoms with Gasteiger partial charge >= 0.3 is 0 Å². The van der Waals surface area contributed by atoms with Crippen LogP contribution in [0.3, 0.4) is 0 Å². The zero-order valence-corrected chi connectivity index (χ0v) is 9.28. The van der Waals surface area contributed by atoms with Crippen molar-refractivity contribution >= 4 is 0 Å². The Morgan fingerprint density at radius 3 is 2.93 bits per heavy atom. The molecule has 0 amide bonds. The third-order valence-corrected chi connectivity index (χ3v) is 2.88. The lowest BCUT2D eigenvalue weighted by molar-refractivity contribution is 0.339. The van der Waals surface area contributed by atoms with Crippen LogP contribution in [0.1, 0.15) is 37.8 Å². The molecule has 0 aromatic heterocycles. The molecule has 0 saturated heterocycles. The summed E-state index contributed by atoms with van der Waals surface area (Å²) in [5, 5.41) is 0. The third kappa shape index (κ3) is 2.96.